The van der Waals surface area contributed by atoms with E-state index in [1.807, 2.05) is 6.92 Å². The molecule has 3 N–H and O–H groups in total. The lowest BCUT2D eigenvalue weighted by atomic mass is 10.0. The van der Waals surface area contributed by atoms with E-state index >= 15 is 0 Å². The minimum atomic E-state index is -4.54. The number of nitrogens with zero attached hydrogens (tertiary/aromatic N) is 2. The Balaban J connectivity index is 3.07. The number of aliphatic hydroxyl groups excluding tert-OH is 1. The van der Waals surface area contributed by atoms with E-state index in [2.05, 4.69) is 20.6 Å². The summed E-state index contributed by atoms with van der Waals surface area (Å²) in [6.45, 7) is 5.86. The first-order chi connectivity index (χ1) is 9.68. The number of rotatable bonds is 7. The van der Waals surface area contributed by atoms with Crippen LogP contribution in [0.3, 0.4) is 0 Å². The zero-order valence-corrected chi connectivity index (χ0v) is 12.4. The van der Waals surface area contributed by atoms with Crippen LogP contribution in [0, 0.1) is 0 Å². The van der Waals surface area contributed by atoms with Crippen molar-refractivity contribution in [3.8, 4) is 0 Å². The molecule has 1 heterocycles. The molecule has 0 saturated heterocycles. The van der Waals surface area contributed by atoms with Crippen molar-refractivity contribution >= 4 is 11.8 Å². The lowest BCUT2D eigenvalue weighted by molar-refractivity contribution is -0.141. The van der Waals surface area contributed by atoms with Gasteiger partial charge in [-0.2, -0.15) is 18.2 Å². The smallest absolute Gasteiger partial charge is 0.396 e. The summed E-state index contributed by atoms with van der Waals surface area (Å²) >= 11 is 0. The standard InChI is InChI=1S/C13H21F3N4O/c1-4-6-17-11-18-9(13(14,15)16)8-10(19-11)20-12(2,3)5-7-21/h8,21H,4-7H2,1-3H3,(H2,17,18,19,20). The highest BCUT2D eigenvalue weighted by molar-refractivity contribution is 5.44. The van der Waals surface area contributed by atoms with Gasteiger partial charge >= 0.3 is 6.18 Å². The second-order valence-electron chi connectivity index (χ2n) is 5.37. The molecule has 0 atom stereocenters. The van der Waals surface area contributed by atoms with Crippen LogP contribution in [0.1, 0.15) is 39.3 Å². The lowest BCUT2D eigenvalue weighted by Gasteiger charge is -2.26. The maximum Gasteiger partial charge on any atom is 0.433 e. The molecule has 0 aliphatic carbocycles. The summed E-state index contributed by atoms with van der Waals surface area (Å²) < 4.78 is 38.6. The molecule has 0 unspecified atom stereocenters. The second-order valence-corrected chi connectivity index (χ2v) is 5.37. The van der Waals surface area contributed by atoms with Crippen LogP contribution < -0.4 is 10.6 Å². The molecule has 1 rings (SSSR count). The molecule has 0 aromatic carbocycles. The van der Waals surface area contributed by atoms with Crippen LogP contribution in [0.2, 0.25) is 0 Å². The largest absolute Gasteiger partial charge is 0.433 e. The highest BCUT2D eigenvalue weighted by Crippen LogP contribution is 2.30. The summed E-state index contributed by atoms with van der Waals surface area (Å²) in [5.41, 5.74) is -1.58. The van der Waals surface area contributed by atoms with Gasteiger partial charge in [0.1, 0.15) is 5.82 Å². The summed E-state index contributed by atoms with van der Waals surface area (Å²) in [5.74, 6) is 0.0170. The average Bonchev–Trinajstić information content (AvgIpc) is 2.34. The Morgan fingerprint density at radius 3 is 2.43 bits per heavy atom. The van der Waals surface area contributed by atoms with E-state index in [-0.39, 0.29) is 18.4 Å². The van der Waals surface area contributed by atoms with Gasteiger partial charge in [0.2, 0.25) is 5.95 Å². The van der Waals surface area contributed by atoms with E-state index in [0.29, 0.717) is 13.0 Å². The molecule has 0 saturated carbocycles. The number of aliphatic hydroxyl groups is 1. The molecule has 8 heteroatoms. The Morgan fingerprint density at radius 2 is 1.90 bits per heavy atom. The Hall–Kier alpha value is -1.57. The molecular formula is C13H21F3N4O. The molecule has 0 aliphatic heterocycles. The van der Waals surface area contributed by atoms with Gasteiger partial charge in [-0.15, -0.1) is 0 Å². The van der Waals surface area contributed by atoms with E-state index in [4.69, 9.17) is 5.11 Å². The topological polar surface area (TPSA) is 70.1 Å². The third kappa shape index (κ3) is 5.74. The summed E-state index contributed by atoms with van der Waals surface area (Å²) in [6.07, 6.45) is -3.41. The number of halogens is 3. The van der Waals surface area contributed by atoms with Crippen LogP contribution in [-0.2, 0) is 6.18 Å². The van der Waals surface area contributed by atoms with E-state index in [9.17, 15) is 13.2 Å². The van der Waals surface area contributed by atoms with Crippen LogP contribution in [0.15, 0.2) is 6.07 Å². The summed E-state index contributed by atoms with van der Waals surface area (Å²) in [6, 6.07) is 0.871. The number of aromatic nitrogens is 2. The van der Waals surface area contributed by atoms with Crippen molar-refractivity contribution in [3.05, 3.63) is 11.8 Å². The predicted molar refractivity (Wildman–Crippen MR) is 75.2 cm³/mol. The molecule has 1 aromatic rings. The predicted octanol–water partition coefficient (Wildman–Crippen LogP) is 2.89. The molecule has 21 heavy (non-hydrogen) atoms. The Kier molecular flexibility index (Phi) is 5.77. The van der Waals surface area contributed by atoms with Gasteiger partial charge < -0.3 is 15.7 Å². The Morgan fingerprint density at radius 1 is 1.24 bits per heavy atom. The third-order valence-electron chi connectivity index (χ3n) is 2.75. The SMILES string of the molecule is CCCNc1nc(NC(C)(C)CCO)cc(C(F)(F)F)n1. The number of anilines is 2. The molecule has 1 aromatic heterocycles. The van der Waals surface area contributed by atoms with Crippen molar-refractivity contribution < 1.29 is 18.3 Å². The summed E-state index contributed by atoms with van der Waals surface area (Å²) in [4.78, 5) is 7.52. The van der Waals surface area contributed by atoms with Gasteiger partial charge in [-0.25, -0.2) is 4.98 Å². The van der Waals surface area contributed by atoms with Gasteiger partial charge in [0, 0.05) is 24.8 Å². The van der Waals surface area contributed by atoms with E-state index in [0.717, 1.165) is 12.5 Å². The van der Waals surface area contributed by atoms with Crippen LogP contribution >= 0.6 is 0 Å². The van der Waals surface area contributed by atoms with Crippen LogP contribution in [-0.4, -0.2) is 33.8 Å². The molecule has 0 radical (unpaired) electrons. The van der Waals surface area contributed by atoms with Crippen LogP contribution in [0.25, 0.3) is 0 Å². The normalized spacial score (nSPS) is 12.3. The van der Waals surface area contributed by atoms with Crippen molar-refractivity contribution in [1.29, 1.82) is 0 Å². The lowest BCUT2D eigenvalue weighted by Crippen LogP contribution is -2.32. The highest BCUT2D eigenvalue weighted by atomic mass is 19.4. The fourth-order valence-electron chi connectivity index (χ4n) is 1.66. The second kappa shape index (κ2) is 6.93. The van der Waals surface area contributed by atoms with Gasteiger partial charge in [0.25, 0.3) is 0 Å². The minimum absolute atomic E-state index is 0.0611. The first-order valence-electron chi connectivity index (χ1n) is 6.77. The van der Waals surface area contributed by atoms with Crippen molar-refractivity contribution in [3.63, 3.8) is 0 Å². The van der Waals surface area contributed by atoms with Gasteiger partial charge in [0.15, 0.2) is 5.69 Å². The maximum absolute atomic E-state index is 12.9. The first-order valence-corrected chi connectivity index (χ1v) is 6.77. The van der Waals surface area contributed by atoms with E-state index < -0.39 is 17.4 Å². The molecule has 120 valence electrons. The molecule has 0 spiro atoms. The number of alkyl halides is 3. The van der Waals surface area contributed by atoms with Crippen LogP contribution in [0.5, 0.6) is 0 Å². The molecule has 5 nitrogen and oxygen atoms in total. The number of hydrogen-bond donors (Lipinski definition) is 3. The Labute approximate surface area is 122 Å². The molecule has 0 fully saturated rings. The van der Waals surface area contributed by atoms with Gasteiger partial charge in [-0.1, -0.05) is 6.92 Å². The van der Waals surface area contributed by atoms with Gasteiger partial charge in [-0.3, -0.25) is 0 Å². The van der Waals surface area contributed by atoms with E-state index in [1.54, 1.807) is 13.8 Å². The van der Waals surface area contributed by atoms with Crippen molar-refractivity contribution in [2.45, 2.75) is 45.3 Å². The molecular weight excluding hydrogens is 285 g/mol. The van der Waals surface area contributed by atoms with Crippen molar-refractivity contribution in [1.82, 2.24) is 9.97 Å². The zero-order valence-electron chi connectivity index (χ0n) is 12.4. The van der Waals surface area contributed by atoms with E-state index in [1.165, 1.54) is 0 Å². The zero-order chi connectivity index (χ0) is 16.1. The third-order valence-corrected chi connectivity index (χ3v) is 2.75. The monoisotopic (exact) mass is 306 g/mol. The minimum Gasteiger partial charge on any atom is -0.396 e. The number of nitrogens with one attached hydrogen (secondary N) is 2. The molecule has 0 aliphatic rings. The summed E-state index contributed by atoms with van der Waals surface area (Å²) in [5, 5.41) is 14.6. The van der Waals surface area contributed by atoms with Gasteiger partial charge in [0.05, 0.1) is 0 Å². The van der Waals surface area contributed by atoms with Crippen molar-refractivity contribution in [2.24, 2.45) is 0 Å². The van der Waals surface area contributed by atoms with Crippen molar-refractivity contribution in [2.75, 3.05) is 23.8 Å². The average molecular weight is 306 g/mol. The fourth-order valence-corrected chi connectivity index (χ4v) is 1.66. The van der Waals surface area contributed by atoms with Crippen LogP contribution in [0.4, 0.5) is 24.9 Å². The maximum atomic E-state index is 12.9. The molecule has 0 bridgehead atoms. The van der Waals surface area contributed by atoms with Gasteiger partial charge in [-0.05, 0) is 26.7 Å². The number of hydrogen-bond acceptors (Lipinski definition) is 5. The quantitative estimate of drug-likeness (QED) is 0.722. The highest BCUT2D eigenvalue weighted by Gasteiger charge is 2.34. The summed E-state index contributed by atoms with van der Waals surface area (Å²) in [7, 11) is 0. The molecule has 0 amide bonds. The fraction of sp³-hybridized carbons (Fsp3) is 0.692. The first kappa shape index (κ1) is 17.5. The Bertz CT molecular complexity index is 463.